The normalized spacial score (nSPS) is 10.3. The highest BCUT2D eigenvalue weighted by Gasteiger charge is 1.98. The molecule has 11 heavy (non-hydrogen) atoms. The molecule has 0 saturated heterocycles. The lowest BCUT2D eigenvalue weighted by atomic mass is 10.7. The van der Waals surface area contributed by atoms with Crippen LogP contribution in [0.5, 0.6) is 0 Å². The Hall–Kier alpha value is 0.200. The minimum atomic E-state index is 0.965. The molecule has 0 aliphatic heterocycles. The number of rotatable bonds is 3. The van der Waals surface area contributed by atoms with Crippen molar-refractivity contribution >= 4 is 28.3 Å². The molecular weight excluding hydrogens is 176 g/mol. The molecule has 0 unspecified atom stereocenters. The van der Waals surface area contributed by atoms with Gasteiger partial charge in [0.25, 0.3) is 0 Å². The van der Waals surface area contributed by atoms with Gasteiger partial charge in [-0.3, -0.25) is 0 Å². The second kappa shape index (κ2) is 5.80. The molecule has 0 aromatic heterocycles. The quantitative estimate of drug-likeness (QED) is 0.618. The highest BCUT2D eigenvalue weighted by atomic mass is 32.2. The summed E-state index contributed by atoms with van der Waals surface area (Å²) in [5, 5.41) is 0. The highest BCUT2D eigenvalue weighted by Crippen LogP contribution is 2.05. The van der Waals surface area contributed by atoms with Crippen LogP contribution in [0.4, 0.5) is 0 Å². The Morgan fingerprint density at radius 2 is 1.82 bits per heavy atom. The summed E-state index contributed by atoms with van der Waals surface area (Å²) in [6, 6.07) is 0. The van der Waals surface area contributed by atoms with Gasteiger partial charge in [-0.1, -0.05) is 24.0 Å². The van der Waals surface area contributed by atoms with E-state index >= 15 is 0 Å². The third-order valence-corrected chi connectivity index (χ3v) is 2.85. The molecule has 0 aromatic carbocycles. The lowest BCUT2D eigenvalue weighted by Gasteiger charge is -2.14. The van der Waals surface area contributed by atoms with Crippen LogP contribution < -0.4 is 0 Å². The minimum absolute atomic E-state index is 0.965. The van der Waals surface area contributed by atoms with E-state index in [9.17, 15) is 0 Å². The molecule has 0 heterocycles. The van der Waals surface area contributed by atoms with Gasteiger partial charge in [-0.05, 0) is 14.1 Å². The summed E-state index contributed by atoms with van der Waals surface area (Å²) in [5.74, 6) is 1.07. The fourth-order valence-electron chi connectivity index (χ4n) is 0.445. The van der Waals surface area contributed by atoms with Gasteiger partial charge in [-0.15, -0.1) is 0 Å². The molecule has 0 fully saturated rings. The monoisotopic (exact) mass is 192 g/mol. The van der Waals surface area contributed by atoms with E-state index < -0.39 is 0 Å². The van der Waals surface area contributed by atoms with Gasteiger partial charge in [-0.25, -0.2) is 0 Å². The van der Waals surface area contributed by atoms with Gasteiger partial charge in [0.05, 0.1) is 0 Å². The van der Waals surface area contributed by atoms with E-state index in [1.165, 1.54) is 0 Å². The van der Waals surface area contributed by atoms with Crippen molar-refractivity contribution in [3.8, 4) is 0 Å². The van der Waals surface area contributed by atoms with E-state index in [-0.39, 0.29) is 0 Å². The second-order valence-corrected chi connectivity index (χ2v) is 4.54. The van der Waals surface area contributed by atoms with E-state index in [0.717, 1.165) is 16.6 Å². The first-order valence-corrected chi connectivity index (χ1v) is 4.92. The predicted molar refractivity (Wildman–Crippen MR) is 57.3 cm³/mol. The lowest BCUT2D eigenvalue weighted by Crippen LogP contribution is -2.20. The van der Waals surface area contributed by atoms with Crippen LogP contribution in [0, 0.1) is 0 Å². The number of hydrogen-bond donors (Lipinski definition) is 0. The van der Waals surface area contributed by atoms with Crippen LogP contribution >= 0.6 is 24.0 Å². The maximum atomic E-state index is 5.10. The molecule has 0 N–H and O–H groups in total. The Kier molecular flexibility index (Phi) is 5.91. The molecule has 0 atom stereocenters. The van der Waals surface area contributed by atoms with Gasteiger partial charge < -0.3 is 9.80 Å². The molecule has 0 aliphatic carbocycles. The lowest BCUT2D eigenvalue weighted by molar-refractivity contribution is 0.437. The molecule has 4 heteroatoms. The first-order valence-electron chi connectivity index (χ1n) is 3.53. The van der Waals surface area contributed by atoms with Crippen molar-refractivity contribution < 1.29 is 0 Å². The first kappa shape index (κ1) is 11.2. The molecule has 0 amide bonds. The number of thioether (sulfide) groups is 1. The van der Waals surface area contributed by atoms with E-state index in [0.29, 0.717) is 0 Å². The Morgan fingerprint density at radius 1 is 1.27 bits per heavy atom. The van der Waals surface area contributed by atoms with Crippen molar-refractivity contribution in [2.75, 3.05) is 40.5 Å². The molecule has 0 rings (SSSR count). The van der Waals surface area contributed by atoms with Crippen molar-refractivity contribution in [2.24, 2.45) is 0 Å². The van der Waals surface area contributed by atoms with Crippen molar-refractivity contribution in [1.29, 1.82) is 0 Å². The molecule has 0 radical (unpaired) electrons. The zero-order valence-electron chi connectivity index (χ0n) is 7.63. The Labute approximate surface area is 78.9 Å². The summed E-state index contributed by atoms with van der Waals surface area (Å²) in [4.78, 5) is 4.13. The second-order valence-electron chi connectivity index (χ2n) is 2.81. The summed E-state index contributed by atoms with van der Waals surface area (Å²) in [6.45, 7) is 1.08. The average molecular weight is 192 g/mol. The van der Waals surface area contributed by atoms with Gasteiger partial charge in [0, 0.05) is 26.4 Å². The van der Waals surface area contributed by atoms with Crippen molar-refractivity contribution in [1.82, 2.24) is 9.80 Å². The zero-order valence-corrected chi connectivity index (χ0v) is 9.26. The largest absolute Gasteiger partial charge is 0.364 e. The van der Waals surface area contributed by atoms with Crippen LogP contribution in [0.3, 0.4) is 0 Å². The molecule has 0 spiro atoms. The topological polar surface area (TPSA) is 6.48 Å². The molecule has 66 valence electrons. The van der Waals surface area contributed by atoms with Crippen molar-refractivity contribution in [2.45, 2.75) is 0 Å². The summed E-state index contributed by atoms with van der Waals surface area (Å²) < 4.78 is 0.965. The summed E-state index contributed by atoms with van der Waals surface area (Å²) in [6.07, 6.45) is 0. The summed E-state index contributed by atoms with van der Waals surface area (Å²) >= 11 is 6.83. The van der Waals surface area contributed by atoms with E-state index in [4.69, 9.17) is 12.2 Å². The molecular formula is C7H16N2S2. The van der Waals surface area contributed by atoms with Crippen LogP contribution in [-0.4, -0.2) is 54.6 Å². The van der Waals surface area contributed by atoms with E-state index in [1.807, 2.05) is 19.0 Å². The molecule has 0 saturated carbocycles. The van der Waals surface area contributed by atoms with E-state index in [2.05, 4.69) is 19.0 Å². The fourth-order valence-corrected chi connectivity index (χ4v) is 1.58. The summed E-state index contributed by atoms with van der Waals surface area (Å²) in [7, 11) is 8.09. The Balaban J connectivity index is 3.32. The van der Waals surface area contributed by atoms with Gasteiger partial charge in [0.1, 0.15) is 4.32 Å². The zero-order chi connectivity index (χ0) is 8.85. The van der Waals surface area contributed by atoms with Crippen molar-refractivity contribution in [3.63, 3.8) is 0 Å². The standard InChI is InChI=1S/C7H16N2S2/c1-8(2)5-6-11-7(10)9(3)4/h5-6H2,1-4H3. The number of thiocarbonyl (C=S) groups is 1. The molecule has 0 bridgehead atoms. The maximum Gasteiger partial charge on any atom is 0.135 e. The summed E-state index contributed by atoms with van der Waals surface area (Å²) in [5.41, 5.74) is 0. The van der Waals surface area contributed by atoms with Gasteiger partial charge in [0.2, 0.25) is 0 Å². The fraction of sp³-hybridized carbons (Fsp3) is 0.857. The third-order valence-electron chi connectivity index (χ3n) is 1.13. The smallest absolute Gasteiger partial charge is 0.135 e. The number of nitrogens with zero attached hydrogens (tertiary/aromatic N) is 2. The van der Waals surface area contributed by atoms with Crippen LogP contribution in [0.2, 0.25) is 0 Å². The van der Waals surface area contributed by atoms with Gasteiger partial charge in [0.15, 0.2) is 0 Å². The average Bonchev–Trinajstić information content (AvgIpc) is 1.86. The minimum Gasteiger partial charge on any atom is -0.364 e. The van der Waals surface area contributed by atoms with Crippen molar-refractivity contribution in [3.05, 3.63) is 0 Å². The van der Waals surface area contributed by atoms with Gasteiger partial charge >= 0.3 is 0 Å². The molecule has 0 aromatic rings. The van der Waals surface area contributed by atoms with Crippen LogP contribution in [0.15, 0.2) is 0 Å². The Morgan fingerprint density at radius 3 is 2.18 bits per heavy atom. The SMILES string of the molecule is CN(C)CCSC(=S)N(C)C. The predicted octanol–water partition coefficient (Wildman–Crippen LogP) is 1.13. The maximum absolute atomic E-state index is 5.10. The Bertz CT molecular complexity index is 124. The highest BCUT2D eigenvalue weighted by molar-refractivity contribution is 8.22. The first-order chi connectivity index (χ1) is 5.04. The van der Waals surface area contributed by atoms with Crippen LogP contribution in [0.1, 0.15) is 0 Å². The van der Waals surface area contributed by atoms with E-state index in [1.54, 1.807) is 11.8 Å². The van der Waals surface area contributed by atoms with Crippen LogP contribution in [-0.2, 0) is 0 Å². The third kappa shape index (κ3) is 6.59. The van der Waals surface area contributed by atoms with Gasteiger partial charge in [-0.2, -0.15) is 0 Å². The molecule has 2 nitrogen and oxygen atoms in total. The number of hydrogen-bond acceptors (Lipinski definition) is 3. The van der Waals surface area contributed by atoms with Crippen LogP contribution in [0.25, 0.3) is 0 Å². The molecule has 0 aliphatic rings.